The van der Waals surface area contributed by atoms with Gasteiger partial charge in [-0.15, -0.1) is 13.2 Å². The second-order valence-corrected chi connectivity index (χ2v) is 7.97. The van der Waals surface area contributed by atoms with Crippen molar-refractivity contribution in [2.45, 2.75) is 59.1 Å². The maximum atomic E-state index is 12.8. The maximum Gasteiger partial charge on any atom is 0.573 e. The van der Waals surface area contributed by atoms with Crippen molar-refractivity contribution >= 4 is 10.9 Å². The molecule has 0 aliphatic carbocycles. The molecule has 0 bridgehead atoms. The molecule has 0 radical (unpaired) electrons. The summed E-state index contributed by atoms with van der Waals surface area (Å²) in [4.78, 5) is 0. The van der Waals surface area contributed by atoms with Gasteiger partial charge < -0.3 is 14.6 Å². The maximum absolute atomic E-state index is 12.8. The zero-order chi connectivity index (χ0) is 23.8. The molecule has 0 fully saturated rings. The number of aromatic nitrogens is 1. The minimum absolute atomic E-state index is 0.184. The summed E-state index contributed by atoms with van der Waals surface area (Å²) in [5, 5.41) is 4.59. The molecule has 33 heavy (non-hydrogen) atoms. The monoisotopic (exact) mass is 456 g/mol. The van der Waals surface area contributed by atoms with Gasteiger partial charge in [0, 0.05) is 36.2 Å². The number of alkyl halides is 3. The predicted molar refractivity (Wildman–Crippen MR) is 128 cm³/mol. The van der Waals surface area contributed by atoms with Crippen LogP contribution in [0.2, 0.25) is 0 Å². The minimum atomic E-state index is -4.71. The van der Waals surface area contributed by atoms with Crippen LogP contribution in [0.1, 0.15) is 49.9 Å². The summed E-state index contributed by atoms with van der Waals surface area (Å²) in [6.07, 6.45) is 2.81. The summed E-state index contributed by atoms with van der Waals surface area (Å²) in [5.74, 6) is -0.184. The van der Waals surface area contributed by atoms with Gasteiger partial charge in [-0.25, -0.2) is 0 Å². The molecule has 0 aliphatic rings. The average molecular weight is 457 g/mol. The van der Waals surface area contributed by atoms with E-state index in [-0.39, 0.29) is 11.8 Å². The van der Waals surface area contributed by atoms with Crippen LogP contribution in [0.4, 0.5) is 13.2 Å². The number of hydrogen-bond donors (Lipinski definition) is 1. The van der Waals surface area contributed by atoms with E-state index in [4.69, 9.17) is 0 Å². The van der Waals surface area contributed by atoms with Crippen molar-refractivity contribution in [2.75, 3.05) is 0 Å². The molecule has 1 unspecified atom stereocenters. The number of fused-ring (bicyclic) bond motifs is 1. The summed E-state index contributed by atoms with van der Waals surface area (Å²) < 4.78 is 44.7. The molecule has 2 aromatic carbocycles. The number of nitrogens with one attached hydrogen (secondary N) is 1. The molecule has 1 aromatic heterocycles. The Hall–Kier alpha value is -2.99. The molecule has 0 saturated carbocycles. The Labute approximate surface area is 193 Å². The highest BCUT2D eigenvalue weighted by molar-refractivity contribution is 5.85. The van der Waals surface area contributed by atoms with Crippen LogP contribution in [0.3, 0.4) is 0 Å². The SMILES string of the molecule is CC/C=C\C(=C/Cc1cn(CC)c2ccc(CNC(C)c3ccccc3)cc12)OC(F)(F)F. The van der Waals surface area contributed by atoms with Crippen LogP contribution >= 0.6 is 0 Å². The lowest BCUT2D eigenvalue weighted by Gasteiger charge is -2.14. The van der Waals surface area contributed by atoms with Crippen LogP contribution in [0, 0.1) is 0 Å². The van der Waals surface area contributed by atoms with Crippen LogP contribution in [-0.4, -0.2) is 10.9 Å². The smallest absolute Gasteiger partial charge is 0.406 e. The second kappa shape index (κ2) is 11.2. The zero-order valence-electron chi connectivity index (χ0n) is 19.3. The first-order valence-electron chi connectivity index (χ1n) is 11.3. The third-order valence-electron chi connectivity index (χ3n) is 5.56. The van der Waals surface area contributed by atoms with Crippen LogP contribution in [0.5, 0.6) is 0 Å². The van der Waals surface area contributed by atoms with E-state index < -0.39 is 6.36 Å². The largest absolute Gasteiger partial charge is 0.573 e. The highest BCUT2D eigenvalue weighted by Gasteiger charge is 2.31. The molecule has 3 rings (SSSR count). The van der Waals surface area contributed by atoms with E-state index in [1.54, 1.807) is 6.08 Å². The first-order chi connectivity index (χ1) is 15.8. The number of halogens is 3. The summed E-state index contributed by atoms with van der Waals surface area (Å²) in [6.45, 7) is 7.53. The Morgan fingerprint density at radius 2 is 1.88 bits per heavy atom. The van der Waals surface area contributed by atoms with Gasteiger partial charge in [0.2, 0.25) is 0 Å². The Morgan fingerprint density at radius 1 is 1.12 bits per heavy atom. The number of allylic oxidation sites excluding steroid dienone is 3. The standard InChI is InChI=1S/C27H31F3N2O/c1-4-6-12-24(33-27(28,29)30)15-14-23-19-32(5-2)26-16-13-21(17-25(23)26)18-31-20(3)22-10-8-7-9-11-22/h6-13,15-17,19-20,31H,4-5,14,18H2,1-3H3/b12-6-,24-15+. The molecule has 1 N–H and O–H groups in total. The van der Waals surface area contributed by atoms with Crippen molar-refractivity contribution in [3.05, 3.63) is 95.4 Å². The molecular weight excluding hydrogens is 425 g/mol. The fourth-order valence-electron chi connectivity index (χ4n) is 3.80. The van der Waals surface area contributed by atoms with Crippen LogP contribution in [0.15, 0.2) is 78.7 Å². The van der Waals surface area contributed by atoms with Gasteiger partial charge in [0.05, 0.1) is 0 Å². The third-order valence-corrected chi connectivity index (χ3v) is 5.56. The van der Waals surface area contributed by atoms with Gasteiger partial charge in [-0.1, -0.05) is 49.4 Å². The lowest BCUT2D eigenvalue weighted by Crippen LogP contribution is -2.17. The molecule has 1 atom stereocenters. The van der Waals surface area contributed by atoms with Gasteiger partial charge in [0.15, 0.2) is 0 Å². The fourth-order valence-corrected chi connectivity index (χ4v) is 3.80. The summed E-state index contributed by atoms with van der Waals surface area (Å²) >= 11 is 0. The number of ether oxygens (including phenoxy) is 1. The number of hydrogen-bond acceptors (Lipinski definition) is 2. The predicted octanol–water partition coefficient (Wildman–Crippen LogP) is 7.44. The van der Waals surface area contributed by atoms with Gasteiger partial charge in [0.1, 0.15) is 5.76 Å². The quantitative estimate of drug-likeness (QED) is 0.253. The lowest BCUT2D eigenvalue weighted by molar-refractivity contribution is -0.303. The van der Waals surface area contributed by atoms with Crippen LogP contribution in [0.25, 0.3) is 10.9 Å². The number of benzene rings is 2. The van der Waals surface area contributed by atoms with E-state index in [9.17, 15) is 13.2 Å². The Kier molecular flexibility index (Phi) is 8.39. The molecule has 0 spiro atoms. The van der Waals surface area contributed by atoms with E-state index in [2.05, 4.69) is 58.8 Å². The van der Waals surface area contributed by atoms with Gasteiger partial charge in [-0.2, -0.15) is 0 Å². The van der Waals surface area contributed by atoms with E-state index in [0.717, 1.165) is 28.6 Å². The van der Waals surface area contributed by atoms with E-state index in [1.165, 1.54) is 17.7 Å². The highest BCUT2D eigenvalue weighted by atomic mass is 19.4. The van der Waals surface area contributed by atoms with Crippen molar-refractivity contribution in [3.8, 4) is 0 Å². The molecular formula is C27H31F3N2O. The molecule has 6 heteroatoms. The summed E-state index contributed by atoms with van der Waals surface area (Å²) in [7, 11) is 0. The number of rotatable bonds is 10. The second-order valence-electron chi connectivity index (χ2n) is 7.97. The Balaban J connectivity index is 1.83. The van der Waals surface area contributed by atoms with Gasteiger partial charge >= 0.3 is 6.36 Å². The third kappa shape index (κ3) is 6.99. The molecule has 176 valence electrons. The molecule has 0 aliphatic heterocycles. The normalized spacial score (nSPS) is 13.7. The van der Waals surface area contributed by atoms with Crippen LogP contribution < -0.4 is 5.32 Å². The Morgan fingerprint density at radius 3 is 2.55 bits per heavy atom. The first-order valence-corrected chi connectivity index (χ1v) is 11.3. The number of aryl methyl sites for hydroxylation is 1. The van der Waals surface area contributed by atoms with Gasteiger partial charge in [-0.05, 0) is 67.7 Å². The summed E-state index contributed by atoms with van der Waals surface area (Å²) in [5.41, 5.74) is 4.39. The van der Waals surface area contributed by atoms with Gasteiger partial charge in [-0.3, -0.25) is 0 Å². The first kappa shape index (κ1) is 24.6. The van der Waals surface area contributed by atoms with Crippen molar-refractivity contribution in [1.29, 1.82) is 0 Å². The number of nitrogens with zero attached hydrogens (tertiary/aromatic N) is 1. The Bertz CT molecular complexity index is 1100. The zero-order valence-corrected chi connectivity index (χ0v) is 19.3. The summed E-state index contributed by atoms with van der Waals surface area (Å²) in [6, 6.07) is 16.8. The molecule has 0 saturated heterocycles. The van der Waals surface area contributed by atoms with Crippen molar-refractivity contribution in [3.63, 3.8) is 0 Å². The molecule has 3 nitrogen and oxygen atoms in total. The van der Waals surface area contributed by atoms with E-state index in [0.29, 0.717) is 19.4 Å². The molecule has 3 aromatic rings. The topological polar surface area (TPSA) is 26.2 Å². The molecule has 1 heterocycles. The molecule has 0 amide bonds. The van der Waals surface area contributed by atoms with Crippen LogP contribution in [-0.2, 0) is 24.2 Å². The van der Waals surface area contributed by atoms with Gasteiger partial charge in [0.25, 0.3) is 0 Å². The van der Waals surface area contributed by atoms with E-state index in [1.807, 2.05) is 31.3 Å². The van der Waals surface area contributed by atoms with Crippen molar-refractivity contribution in [1.82, 2.24) is 9.88 Å². The fraction of sp³-hybridized carbons (Fsp3) is 0.333. The lowest BCUT2D eigenvalue weighted by atomic mass is 10.1. The average Bonchev–Trinajstić information content (AvgIpc) is 3.16. The minimum Gasteiger partial charge on any atom is -0.406 e. The van der Waals surface area contributed by atoms with E-state index >= 15 is 0 Å². The highest BCUT2D eigenvalue weighted by Crippen LogP contribution is 2.26. The van der Waals surface area contributed by atoms with Crippen molar-refractivity contribution in [2.24, 2.45) is 0 Å². The van der Waals surface area contributed by atoms with Crippen molar-refractivity contribution < 1.29 is 17.9 Å².